The summed E-state index contributed by atoms with van der Waals surface area (Å²) in [6.45, 7) is 22.8. The van der Waals surface area contributed by atoms with Crippen molar-refractivity contribution in [2.24, 2.45) is 0 Å². The third kappa shape index (κ3) is 5.53. The van der Waals surface area contributed by atoms with Crippen molar-refractivity contribution >= 4 is 19.2 Å². The number of hydrogen-bond acceptors (Lipinski definition) is 2. The second-order valence-corrected chi connectivity index (χ2v) is 11.2. The first kappa shape index (κ1) is 22.1. The van der Waals surface area contributed by atoms with Gasteiger partial charge in [-0.25, -0.2) is 0 Å². The molecule has 0 bridgehead atoms. The monoisotopic (exact) mass is 360 g/mol. The standard InChI is InChI=1S/C22H40N2Si/c1-8-16-23(17-9-2)25(7,24(18-10-3)19-11-4)22-14-12-21(13-15-22)20(5)6/h12-15H,5,8-11,16-19H2,1-4,6-7H3. The van der Waals surface area contributed by atoms with E-state index >= 15 is 0 Å². The van der Waals surface area contributed by atoms with Crippen molar-refractivity contribution in [1.82, 2.24) is 9.13 Å². The van der Waals surface area contributed by atoms with Crippen LogP contribution >= 0.6 is 0 Å². The minimum atomic E-state index is -1.89. The van der Waals surface area contributed by atoms with E-state index < -0.39 is 8.40 Å². The maximum atomic E-state index is 4.10. The zero-order valence-electron chi connectivity index (χ0n) is 17.6. The number of allylic oxidation sites excluding steroid dienone is 1. The fraction of sp³-hybridized carbons (Fsp3) is 0.636. The van der Waals surface area contributed by atoms with Gasteiger partial charge in [-0.1, -0.05) is 64.1 Å². The molecule has 0 fully saturated rings. The van der Waals surface area contributed by atoms with Crippen molar-refractivity contribution in [3.8, 4) is 0 Å². The smallest absolute Gasteiger partial charge is 0.236 e. The fourth-order valence-electron chi connectivity index (χ4n) is 3.81. The Balaban J connectivity index is 3.39. The van der Waals surface area contributed by atoms with Gasteiger partial charge in [0.15, 0.2) is 0 Å². The van der Waals surface area contributed by atoms with Crippen LogP contribution in [0.4, 0.5) is 0 Å². The highest BCUT2D eigenvalue weighted by Crippen LogP contribution is 2.20. The van der Waals surface area contributed by atoms with Crippen LogP contribution in [0.3, 0.4) is 0 Å². The number of nitrogens with zero attached hydrogens (tertiary/aromatic N) is 2. The number of rotatable bonds is 12. The van der Waals surface area contributed by atoms with E-state index in [1.54, 1.807) is 5.19 Å². The van der Waals surface area contributed by atoms with Gasteiger partial charge in [-0.05, 0) is 76.1 Å². The molecular weight excluding hydrogens is 320 g/mol. The second-order valence-electron chi connectivity index (χ2n) is 7.35. The fourth-order valence-corrected chi connectivity index (χ4v) is 8.37. The van der Waals surface area contributed by atoms with Crippen LogP contribution in [0.5, 0.6) is 0 Å². The molecule has 0 aliphatic rings. The lowest BCUT2D eigenvalue weighted by Crippen LogP contribution is -2.71. The average molecular weight is 361 g/mol. The van der Waals surface area contributed by atoms with Gasteiger partial charge < -0.3 is 9.13 Å². The van der Waals surface area contributed by atoms with Crippen molar-refractivity contribution in [2.75, 3.05) is 26.2 Å². The van der Waals surface area contributed by atoms with E-state index in [4.69, 9.17) is 0 Å². The quantitative estimate of drug-likeness (QED) is 0.470. The van der Waals surface area contributed by atoms with Gasteiger partial charge in [0.1, 0.15) is 0 Å². The van der Waals surface area contributed by atoms with Crippen LogP contribution in [0, 0.1) is 0 Å². The molecule has 0 aromatic heterocycles. The Kier molecular flexibility index (Phi) is 9.69. The van der Waals surface area contributed by atoms with Crippen LogP contribution in [0.25, 0.3) is 5.57 Å². The molecule has 0 heterocycles. The summed E-state index contributed by atoms with van der Waals surface area (Å²) >= 11 is 0. The van der Waals surface area contributed by atoms with Gasteiger partial charge in [0.05, 0.1) is 0 Å². The molecule has 2 nitrogen and oxygen atoms in total. The zero-order chi connectivity index (χ0) is 18.9. The predicted molar refractivity (Wildman–Crippen MR) is 117 cm³/mol. The summed E-state index contributed by atoms with van der Waals surface area (Å²) in [6.07, 6.45) is 4.88. The van der Waals surface area contributed by atoms with Gasteiger partial charge in [0.25, 0.3) is 0 Å². The van der Waals surface area contributed by atoms with Crippen LogP contribution in [0.2, 0.25) is 6.55 Å². The first-order valence-corrected chi connectivity index (χ1v) is 12.6. The molecule has 0 aliphatic heterocycles. The molecule has 0 unspecified atom stereocenters. The molecule has 0 amide bonds. The van der Waals surface area contributed by atoms with Crippen molar-refractivity contribution < 1.29 is 0 Å². The first-order chi connectivity index (χ1) is 11.9. The maximum absolute atomic E-state index is 4.10. The third-order valence-electron chi connectivity index (χ3n) is 5.13. The molecule has 25 heavy (non-hydrogen) atoms. The van der Waals surface area contributed by atoms with Crippen LogP contribution in [0.1, 0.15) is 65.9 Å². The summed E-state index contributed by atoms with van der Waals surface area (Å²) in [5, 5.41) is 1.54. The molecule has 0 N–H and O–H groups in total. The van der Waals surface area contributed by atoms with Crippen LogP contribution in [-0.2, 0) is 0 Å². The average Bonchev–Trinajstić information content (AvgIpc) is 2.61. The Bertz CT molecular complexity index is 481. The highest BCUT2D eigenvalue weighted by molar-refractivity contribution is 6.86. The summed E-state index contributed by atoms with van der Waals surface area (Å²) in [5.74, 6) is 0. The zero-order valence-corrected chi connectivity index (χ0v) is 18.6. The lowest BCUT2D eigenvalue weighted by molar-refractivity contribution is 0.329. The molecule has 142 valence electrons. The molecule has 1 aromatic rings. The van der Waals surface area contributed by atoms with Gasteiger partial charge in [0.2, 0.25) is 8.40 Å². The maximum Gasteiger partial charge on any atom is 0.236 e. The molecule has 0 radical (unpaired) electrons. The summed E-state index contributed by atoms with van der Waals surface area (Å²) < 4.78 is 5.65. The van der Waals surface area contributed by atoms with Gasteiger partial charge in [-0.15, -0.1) is 0 Å². The normalized spacial score (nSPS) is 12.2. The van der Waals surface area contributed by atoms with Gasteiger partial charge >= 0.3 is 0 Å². The van der Waals surface area contributed by atoms with E-state index in [1.807, 2.05) is 0 Å². The van der Waals surface area contributed by atoms with Gasteiger partial charge in [-0.2, -0.15) is 0 Å². The summed E-state index contributed by atoms with van der Waals surface area (Å²) in [7, 11) is -1.89. The molecule has 1 aromatic carbocycles. The Morgan fingerprint density at radius 1 is 0.800 bits per heavy atom. The van der Waals surface area contributed by atoms with Gasteiger partial charge in [0, 0.05) is 0 Å². The molecule has 3 heteroatoms. The van der Waals surface area contributed by atoms with Crippen LogP contribution < -0.4 is 5.19 Å². The van der Waals surface area contributed by atoms with Crippen LogP contribution in [-0.4, -0.2) is 43.7 Å². The molecule has 0 aliphatic carbocycles. The van der Waals surface area contributed by atoms with E-state index in [-0.39, 0.29) is 0 Å². The minimum absolute atomic E-state index is 1.15. The van der Waals surface area contributed by atoms with E-state index in [1.165, 1.54) is 57.4 Å². The highest BCUT2D eigenvalue weighted by Gasteiger charge is 2.41. The molecule has 0 atom stereocenters. The highest BCUT2D eigenvalue weighted by atomic mass is 28.3. The summed E-state index contributed by atoms with van der Waals surface area (Å²) in [4.78, 5) is 0. The molecular formula is C22H40N2Si. The van der Waals surface area contributed by atoms with Crippen molar-refractivity contribution in [1.29, 1.82) is 0 Å². The molecule has 0 saturated carbocycles. The Hall–Kier alpha value is -0.903. The van der Waals surface area contributed by atoms with Crippen molar-refractivity contribution in [3.05, 3.63) is 36.4 Å². The van der Waals surface area contributed by atoms with Crippen LogP contribution in [0.15, 0.2) is 30.8 Å². The number of benzene rings is 1. The topological polar surface area (TPSA) is 6.48 Å². The largest absolute Gasteiger partial charge is 0.308 e. The SMILES string of the molecule is C=C(C)c1ccc([Si](C)(N(CCC)CCC)N(CCC)CCC)cc1. The van der Waals surface area contributed by atoms with E-state index in [0.717, 1.165) is 5.57 Å². The van der Waals surface area contributed by atoms with E-state index in [0.29, 0.717) is 0 Å². The Morgan fingerprint density at radius 2 is 1.16 bits per heavy atom. The Labute approximate surface area is 158 Å². The predicted octanol–water partition coefficient (Wildman–Crippen LogP) is 5.24. The second kappa shape index (κ2) is 10.9. The Morgan fingerprint density at radius 3 is 1.44 bits per heavy atom. The van der Waals surface area contributed by atoms with Crippen molar-refractivity contribution in [3.63, 3.8) is 0 Å². The summed E-state index contributed by atoms with van der Waals surface area (Å²) in [6, 6.07) is 9.31. The lowest BCUT2D eigenvalue weighted by atomic mass is 10.1. The minimum Gasteiger partial charge on any atom is -0.308 e. The van der Waals surface area contributed by atoms with Gasteiger partial charge in [-0.3, -0.25) is 0 Å². The lowest BCUT2D eigenvalue weighted by Gasteiger charge is -2.47. The van der Waals surface area contributed by atoms with Crippen molar-refractivity contribution in [2.45, 2.75) is 66.8 Å². The third-order valence-corrected chi connectivity index (χ3v) is 9.91. The number of hydrogen-bond donors (Lipinski definition) is 0. The molecule has 1 rings (SSSR count). The molecule has 0 saturated heterocycles. The van der Waals surface area contributed by atoms with E-state index in [2.05, 4.69) is 81.1 Å². The first-order valence-electron chi connectivity index (χ1n) is 10.2. The van der Waals surface area contributed by atoms with E-state index in [9.17, 15) is 0 Å². The summed E-state index contributed by atoms with van der Waals surface area (Å²) in [5.41, 5.74) is 2.41. The molecule has 0 spiro atoms.